The monoisotopic (exact) mass is 254 g/mol. The number of nitrogens with zero attached hydrogens (tertiary/aromatic N) is 1. The van der Waals surface area contributed by atoms with E-state index in [2.05, 4.69) is 9.72 Å². The number of hydrogen-bond donors (Lipinski definition) is 1. The fourth-order valence-electron chi connectivity index (χ4n) is 1.93. The minimum atomic E-state index is -0.654. The molecule has 0 spiro atoms. The van der Waals surface area contributed by atoms with Crippen molar-refractivity contribution in [1.29, 1.82) is 0 Å². The van der Waals surface area contributed by atoms with Crippen molar-refractivity contribution in [3.8, 4) is 0 Å². The number of rotatable bonds is 2. The first-order valence-electron chi connectivity index (χ1n) is 5.58. The molecule has 1 unspecified atom stereocenters. The molecule has 1 aliphatic rings. The fourth-order valence-corrected chi connectivity index (χ4v) is 1.93. The number of esters is 1. The van der Waals surface area contributed by atoms with E-state index in [9.17, 15) is 14.4 Å². The van der Waals surface area contributed by atoms with Gasteiger partial charge in [0.05, 0.1) is 7.11 Å². The summed E-state index contributed by atoms with van der Waals surface area (Å²) in [5.41, 5.74) is -0.542. The van der Waals surface area contributed by atoms with E-state index in [1.54, 1.807) is 6.92 Å². The van der Waals surface area contributed by atoms with Crippen molar-refractivity contribution < 1.29 is 14.3 Å². The first-order chi connectivity index (χ1) is 8.52. The smallest absolute Gasteiger partial charge is 0.335 e. The Hall–Kier alpha value is -1.89. The molecule has 98 valence electrons. The molecule has 2 heterocycles. The second kappa shape index (κ2) is 4.77. The van der Waals surface area contributed by atoms with Gasteiger partial charge < -0.3 is 9.47 Å². The Morgan fingerprint density at radius 3 is 2.89 bits per heavy atom. The van der Waals surface area contributed by atoms with E-state index in [0.29, 0.717) is 18.4 Å². The zero-order chi connectivity index (χ0) is 13.3. The molecule has 1 aromatic rings. The lowest BCUT2D eigenvalue weighted by molar-refractivity contribution is -0.155. The zero-order valence-electron chi connectivity index (χ0n) is 10.1. The van der Waals surface area contributed by atoms with Gasteiger partial charge in [-0.05, 0) is 19.8 Å². The third-order valence-corrected chi connectivity index (χ3v) is 2.92. The maximum absolute atomic E-state index is 11.6. The van der Waals surface area contributed by atoms with E-state index in [4.69, 9.17) is 4.74 Å². The quantitative estimate of drug-likeness (QED) is 0.731. The molecule has 7 heteroatoms. The van der Waals surface area contributed by atoms with Crippen molar-refractivity contribution in [2.75, 3.05) is 7.11 Å². The van der Waals surface area contributed by atoms with Gasteiger partial charge in [0.25, 0.3) is 5.56 Å². The molecular formula is C11H14N2O5. The van der Waals surface area contributed by atoms with Gasteiger partial charge in [-0.1, -0.05) is 0 Å². The average Bonchev–Trinajstić information content (AvgIpc) is 2.82. The Morgan fingerprint density at radius 1 is 1.50 bits per heavy atom. The van der Waals surface area contributed by atoms with E-state index >= 15 is 0 Å². The fraction of sp³-hybridized carbons (Fsp3) is 0.545. The number of ether oxygens (including phenoxy) is 2. The summed E-state index contributed by atoms with van der Waals surface area (Å²) in [4.78, 5) is 36.4. The Morgan fingerprint density at radius 2 is 2.22 bits per heavy atom. The largest absolute Gasteiger partial charge is 0.467 e. The van der Waals surface area contributed by atoms with Gasteiger partial charge in [0.1, 0.15) is 6.23 Å². The molecule has 2 rings (SSSR count). The molecule has 1 aromatic heterocycles. The number of carbonyl (C=O) groups is 1. The lowest BCUT2D eigenvalue weighted by atomic mass is 10.2. The highest BCUT2D eigenvalue weighted by atomic mass is 16.6. The van der Waals surface area contributed by atoms with Crippen molar-refractivity contribution in [3.63, 3.8) is 0 Å². The van der Waals surface area contributed by atoms with Gasteiger partial charge >= 0.3 is 11.7 Å². The first kappa shape index (κ1) is 12.6. The van der Waals surface area contributed by atoms with Crippen LogP contribution in [0.3, 0.4) is 0 Å². The Labute approximate surface area is 102 Å². The standard InChI is InChI=1S/C11H14N2O5/c1-6-5-13(11(16)12-9(6)14)8-4-3-7(18-8)10(15)17-2/h5,7-8H,3-4H2,1-2H3,(H,12,14,16)/t7-,8?/m0/s1. The summed E-state index contributed by atoms with van der Waals surface area (Å²) in [5, 5.41) is 0. The number of aryl methyl sites for hydroxylation is 1. The van der Waals surface area contributed by atoms with Crippen LogP contribution < -0.4 is 11.2 Å². The molecule has 0 bridgehead atoms. The number of aromatic nitrogens is 2. The van der Waals surface area contributed by atoms with Crippen LogP contribution in [0.25, 0.3) is 0 Å². The van der Waals surface area contributed by atoms with Gasteiger partial charge in [0, 0.05) is 11.8 Å². The second-order valence-electron chi connectivity index (χ2n) is 4.16. The maximum Gasteiger partial charge on any atom is 0.335 e. The summed E-state index contributed by atoms with van der Waals surface area (Å²) in [6.07, 6.45) is 1.25. The van der Waals surface area contributed by atoms with E-state index in [0.717, 1.165) is 0 Å². The predicted octanol–water partition coefficient (Wildman–Crippen LogP) is -0.304. The van der Waals surface area contributed by atoms with Crippen molar-refractivity contribution in [2.45, 2.75) is 32.1 Å². The molecule has 1 aliphatic heterocycles. The molecule has 1 saturated heterocycles. The van der Waals surface area contributed by atoms with Gasteiger partial charge in [-0.3, -0.25) is 14.3 Å². The SMILES string of the molecule is COC(=O)[C@@H]1CCC(n2cc(C)c(=O)[nH]c2=O)O1. The maximum atomic E-state index is 11.6. The average molecular weight is 254 g/mol. The van der Waals surface area contributed by atoms with E-state index in [1.165, 1.54) is 17.9 Å². The number of methoxy groups -OCH3 is 1. The normalized spacial score (nSPS) is 23.0. The number of hydrogen-bond acceptors (Lipinski definition) is 5. The molecule has 1 N–H and O–H groups in total. The van der Waals surface area contributed by atoms with Crippen LogP contribution in [0, 0.1) is 6.92 Å². The van der Waals surface area contributed by atoms with Crippen LogP contribution in [0.1, 0.15) is 24.6 Å². The van der Waals surface area contributed by atoms with Crippen molar-refractivity contribution in [2.24, 2.45) is 0 Å². The number of carbonyl (C=O) groups excluding carboxylic acids is 1. The molecule has 0 aliphatic carbocycles. The van der Waals surface area contributed by atoms with Crippen molar-refractivity contribution in [1.82, 2.24) is 9.55 Å². The van der Waals surface area contributed by atoms with Crippen molar-refractivity contribution in [3.05, 3.63) is 32.6 Å². The lowest BCUT2D eigenvalue weighted by Gasteiger charge is -2.14. The molecule has 7 nitrogen and oxygen atoms in total. The van der Waals surface area contributed by atoms with Crippen LogP contribution in [-0.4, -0.2) is 28.7 Å². The Bertz CT molecular complexity index is 574. The van der Waals surface area contributed by atoms with Gasteiger partial charge in [0.2, 0.25) is 0 Å². The number of aromatic amines is 1. The second-order valence-corrected chi connectivity index (χ2v) is 4.16. The summed E-state index contributed by atoms with van der Waals surface area (Å²) < 4.78 is 11.3. The van der Waals surface area contributed by atoms with Crippen LogP contribution in [0.15, 0.2) is 15.8 Å². The van der Waals surface area contributed by atoms with Gasteiger partial charge in [-0.25, -0.2) is 9.59 Å². The van der Waals surface area contributed by atoms with Gasteiger partial charge in [-0.2, -0.15) is 0 Å². The third kappa shape index (κ3) is 2.21. The third-order valence-electron chi connectivity index (χ3n) is 2.92. The molecule has 18 heavy (non-hydrogen) atoms. The summed E-state index contributed by atoms with van der Waals surface area (Å²) in [6, 6.07) is 0. The van der Waals surface area contributed by atoms with Crippen LogP contribution in [0.4, 0.5) is 0 Å². The highest BCUT2D eigenvalue weighted by Gasteiger charge is 2.32. The highest BCUT2D eigenvalue weighted by molar-refractivity contribution is 5.74. The lowest BCUT2D eigenvalue weighted by Crippen LogP contribution is -2.33. The Kier molecular flexibility index (Phi) is 3.33. The predicted molar refractivity (Wildman–Crippen MR) is 61.2 cm³/mol. The van der Waals surface area contributed by atoms with E-state index in [1.807, 2.05) is 0 Å². The minimum Gasteiger partial charge on any atom is -0.467 e. The van der Waals surface area contributed by atoms with Crippen molar-refractivity contribution >= 4 is 5.97 Å². The minimum absolute atomic E-state index is 0.416. The Balaban J connectivity index is 2.25. The van der Waals surface area contributed by atoms with Gasteiger partial charge in [0.15, 0.2) is 6.10 Å². The van der Waals surface area contributed by atoms with Crippen LogP contribution in [-0.2, 0) is 14.3 Å². The number of H-pyrrole nitrogens is 1. The highest BCUT2D eigenvalue weighted by Crippen LogP contribution is 2.27. The first-order valence-corrected chi connectivity index (χ1v) is 5.58. The molecule has 1 fully saturated rings. The zero-order valence-corrected chi connectivity index (χ0v) is 10.1. The molecule has 0 aromatic carbocycles. The summed E-state index contributed by atoms with van der Waals surface area (Å²) >= 11 is 0. The number of nitrogens with one attached hydrogen (secondary N) is 1. The topological polar surface area (TPSA) is 90.4 Å². The van der Waals surface area contributed by atoms with Crippen LogP contribution >= 0.6 is 0 Å². The summed E-state index contributed by atoms with van der Waals surface area (Å²) in [6.45, 7) is 1.60. The molecule has 2 atom stereocenters. The summed E-state index contributed by atoms with van der Waals surface area (Å²) in [5.74, 6) is -0.452. The van der Waals surface area contributed by atoms with E-state index in [-0.39, 0.29) is 0 Å². The molecular weight excluding hydrogens is 240 g/mol. The van der Waals surface area contributed by atoms with Crippen LogP contribution in [0.2, 0.25) is 0 Å². The van der Waals surface area contributed by atoms with Crippen LogP contribution in [0.5, 0.6) is 0 Å². The summed E-state index contributed by atoms with van der Waals surface area (Å²) in [7, 11) is 1.29. The molecule has 0 radical (unpaired) electrons. The molecule has 0 saturated carbocycles. The molecule has 0 amide bonds. The van der Waals surface area contributed by atoms with Gasteiger partial charge in [-0.15, -0.1) is 0 Å². The van der Waals surface area contributed by atoms with E-state index < -0.39 is 29.6 Å².